The molecule has 0 saturated carbocycles. The van der Waals surface area contributed by atoms with Crippen LogP contribution >= 0.6 is 11.3 Å². The molecule has 3 aromatic rings. The van der Waals surface area contributed by atoms with Gasteiger partial charge in [0.15, 0.2) is 10.8 Å². The number of amides is 1. The average molecular weight is 385 g/mol. The molecule has 1 aromatic carbocycles. The normalized spacial score (nSPS) is 15.4. The highest BCUT2D eigenvalue weighted by atomic mass is 32.1. The number of fused-ring (bicyclic) bond motifs is 1. The molecule has 4 rings (SSSR count). The molecule has 1 amide bonds. The third-order valence-corrected chi connectivity index (χ3v) is 6.00. The Morgan fingerprint density at radius 3 is 2.70 bits per heavy atom. The maximum atomic E-state index is 12.5. The smallest absolute Gasteiger partial charge is 0.276 e. The highest BCUT2D eigenvalue weighted by Crippen LogP contribution is 2.31. The molecule has 1 aliphatic rings. The summed E-state index contributed by atoms with van der Waals surface area (Å²) in [6.07, 6.45) is 0. The topological polar surface area (TPSA) is 66.3 Å². The lowest BCUT2D eigenvalue weighted by molar-refractivity contribution is 0.102. The number of thiazole rings is 1. The summed E-state index contributed by atoms with van der Waals surface area (Å²) < 4.78 is 2.90. The van der Waals surface area contributed by atoms with E-state index in [1.54, 1.807) is 11.3 Å². The van der Waals surface area contributed by atoms with Crippen LogP contribution in [0.25, 0.3) is 10.2 Å². The molecule has 1 fully saturated rings. The van der Waals surface area contributed by atoms with Gasteiger partial charge in [-0.2, -0.15) is 5.10 Å². The summed E-state index contributed by atoms with van der Waals surface area (Å²) in [7, 11) is 2.15. The van der Waals surface area contributed by atoms with Crippen molar-refractivity contribution in [3.8, 4) is 0 Å². The first-order chi connectivity index (χ1) is 13.0. The van der Waals surface area contributed by atoms with Gasteiger partial charge in [-0.1, -0.05) is 11.3 Å². The van der Waals surface area contributed by atoms with Crippen LogP contribution in [0, 0.1) is 6.92 Å². The Morgan fingerprint density at radius 2 is 2.00 bits per heavy atom. The van der Waals surface area contributed by atoms with E-state index in [9.17, 15) is 4.79 Å². The van der Waals surface area contributed by atoms with E-state index in [-0.39, 0.29) is 5.91 Å². The third kappa shape index (κ3) is 3.68. The Balaban J connectivity index is 1.51. The first-order valence-corrected chi connectivity index (χ1v) is 10.0. The largest absolute Gasteiger partial charge is 0.345 e. The number of rotatable bonds is 4. The van der Waals surface area contributed by atoms with Crippen LogP contribution in [0.5, 0.6) is 0 Å². The molecule has 1 saturated heterocycles. The van der Waals surface area contributed by atoms with E-state index in [0.717, 1.165) is 59.5 Å². The zero-order valence-electron chi connectivity index (χ0n) is 15.9. The fourth-order valence-corrected chi connectivity index (χ4v) is 4.32. The lowest BCUT2D eigenvalue weighted by Gasteiger charge is -2.31. The molecule has 0 aliphatic carbocycles. The number of aryl methyl sites for hydroxylation is 2. The first-order valence-electron chi connectivity index (χ1n) is 9.23. The second-order valence-corrected chi connectivity index (χ2v) is 7.92. The number of piperazine rings is 1. The number of nitrogens with zero attached hydrogens (tertiary/aromatic N) is 5. The van der Waals surface area contributed by atoms with Gasteiger partial charge in [0.25, 0.3) is 5.91 Å². The Hall–Kier alpha value is -2.45. The number of hydrogen-bond acceptors (Lipinski definition) is 6. The van der Waals surface area contributed by atoms with Crippen molar-refractivity contribution in [2.24, 2.45) is 0 Å². The highest BCUT2D eigenvalue weighted by Gasteiger charge is 2.18. The summed E-state index contributed by atoms with van der Waals surface area (Å²) in [5.41, 5.74) is 3.16. The molecule has 0 unspecified atom stereocenters. The van der Waals surface area contributed by atoms with Gasteiger partial charge in [-0.3, -0.25) is 9.48 Å². The highest BCUT2D eigenvalue weighted by molar-refractivity contribution is 7.22. The molecular weight excluding hydrogens is 360 g/mol. The summed E-state index contributed by atoms with van der Waals surface area (Å²) in [6, 6.07) is 7.68. The number of carbonyl (C=O) groups is 1. The summed E-state index contributed by atoms with van der Waals surface area (Å²) in [4.78, 5) is 21.9. The van der Waals surface area contributed by atoms with Crippen LogP contribution in [0.15, 0.2) is 24.3 Å². The maximum Gasteiger partial charge on any atom is 0.276 e. The molecule has 7 nitrogen and oxygen atoms in total. The standard InChI is InChI=1S/C19H24N6OS/c1-4-25-13(2)11-16(22-25)18(26)20-14-5-6-15-17(12-14)27-19(21-15)24-9-7-23(3)8-10-24/h5-6,11-12H,4,7-10H2,1-3H3,(H,20,26). The zero-order chi connectivity index (χ0) is 19.0. The van der Waals surface area contributed by atoms with Gasteiger partial charge in [-0.05, 0) is 45.2 Å². The van der Waals surface area contributed by atoms with Crippen molar-refractivity contribution in [2.45, 2.75) is 20.4 Å². The van der Waals surface area contributed by atoms with Gasteiger partial charge in [-0.15, -0.1) is 0 Å². The van der Waals surface area contributed by atoms with Crippen LogP contribution in [0.1, 0.15) is 23.1 Å². The number of nitrogens with one attached hydrogen (secondary N) is 1. The van der Waals surface area contributed by atoms with Gasteiger partial charge in [-0.25, -0.2) is 4.98 Å². The van der Waals surface area contributed by atoms with Gasteiger partial charge in [0.1, 0.15) is 0 Å². The number of benzene rings is 1. The molecule has 142 valence electrons. The predicted octanol–water partition coefficient (Wildman–Crippen LogP) is 2.83. The number of anilines is 2. The van der Waals surface area contributed by atoms with E-state index in [1.807, 2.05) is 42.8 Å². The van der Waals surface area contributed by atoms with Crippen molar-refractivity contribution in [1.29, 1.82) is 0 Å². The summed E-state index contributed by atoms with van der Waals surface area (Å²) in [5, 5.41) is 8.35. The molecule has 0 spiro atoms. The molecule has 8 heteroatoms. The molecule has 0 atom stereocenters. The SMILES string of the molecule is CCn1nc(C(=O)Nc2ccc3nc(N4CCN(C)CC4)sc3c2)cc1C. The average Bonchev–Trinajstić information content (AvgIpc) is 3.25. The van der Waals surface area contributed by atoms with Gasteiger partial charge in [0, 0.05) is 44.1 Å². The second-order valence-electron chi connectivity index (χ2n) is 6.91. The van der Waals surface area contributed by atoms with Crippen LogP contribution in [-0.2, 0) is 6.54 Å². The van der Waals surface area contributed by atoms with Crippen molar-refractivity contribution in [3.63, 3.8) is 0 Å². The Bertz CT molecular complexity index is 970. The van der Waals surface area contributed by atoms with Crippen molar-refractivity contribution < 1.29 is 4.79 Å². The molecule has 1 aliphatic heterocycles. The van der Waals surface area contributed by atoms with E-state index in [2.05, 4.69) is 27.3 Å². The number of likely N-dealkylation sites (N-methyl/N-ethyl adjacent to an activating group) is 1. The second kappa shape index (κ2) is 7.28. The quantitative estimate of drug-likeness (QED) is 0.749. The van der Waals surface area contributed by atoms with E-state index in [0.29, 0.717) is 5.69 Å². The summed E-state index contributed by atoms with van der Waals surface area (Å²) in [6.45, 7) is 8.83. The molecule has 0 bridgehead atoms. The molecule has 1 N–H and O–H groups in total. The Morgan fingerprint density at radius 1 is 1.22 bits per heavy atom. The third-order valence-electron chi connectivity index (χ3n) is 4.92. The number of hydrogen-bond donors (Lipinski definition) is 1. The van der Waals surface area contributed by atoms with Crippen LogP contribution < -0.4 is 10.2 Å². The van der Waals surface area contributed by atoms with Crippen molar-refractivity contribution in [2.75, 3.05) is 43.4 Å². The van der Waals surface area contributed by atoms with Crippen LogP contribution in [0.2, 0.25) is 0 Å². The van der Waals surface area contributed by atoms with E-state index >= 15 is 0 Å². The van der Waals surface area contributed by atoms with Gasteiger partial charge >= 0.3 is 0 Å². The van der Waals surface area contributed by atoms with E-state index < -0.39 is 0 Å². The molecule has 0 radical (unpaired) electrons. The lowest BCUT2D eigenvalue weighted by atomic mass is 10.3. The monoisotopic (exact) mass is 384 g/mol. The lowest BCUT2D eigenvalue weighted by Crippen LogP contribution is -2.44. The number of carbonyl (C=O) groups excluding carboxylic acids is 1. The molecule has 2 aromatic heterocycles. The fraction of sp³-hybridized carbons (Fsp3) is 0.421. The van der Waals surface area contributed by atoms with Gasteiger partial charge in [0.2, 0.25) is 0 Å². The minimum absolute atomic E-state index is 0.187. The van der Waals surface area contributed by atoms with Crippen LogP contribution in [0.4, 0.5) is 10.8 Å². The van der Waals surface area contributed by atoms with Crippen LogP contribution in [-0.4, -0.2) is 58.8 Å². The first kappa shape index (κ1) is 17.9. The molecular formula is C19H24N6OS. The van der Waals surface area contributed by atoms with Crippen LogP contribution in [0.3, 0.4) is 0 Å². The van der Waals surface area contributed by atoms with Crippen molar-refractivity contribution in [3.05, 3.63) is 35.7 Å². The maximum absolute atomic E-state index is 12.5. The Kier molecular flexibility index (Phi) is 4.84. The molecule has 27 heavy (non-hydrogen) atoms. The minimum atomic E-state index is -0.187. The van der Waals surface area contributed by atoms with Gasteiger partial charge < -0.3 is 15.1 Å². The van der Waals surface area contributed by atoms with Crippen molar-refractivity contribution >= 4 is 38.3 Å². The summed E-state index contributed by atoms with van der Waals surface area (Å²) >= 11 is 1.68. The van der Waals surface area contributed by atoms with Crippen molar-refractivity contribution in [1.82, 2.24) is 19.7 Å². The Labute approximate surface area is 162 Å². The summed E-state index contributed by atoms with van der Waals surface area (Å²) in [5.74, 6) is -0.187. The predicted molar refractivity (Wildman–Crippen MR) is 110 cm³/mol. The number of aromatic nitrogens is 3. The van der Waals surface area contributed by atoms with Gasteiger partial charge in [0.05, 0.1) is 10.2 Å². The minimum Gasteiger partial charge on any atom is -0.345 e. The zero-order valence-corrected chi connectivity index (χ0v) is 16.7. The fourth-order valence-electron chi connectivity index (χ4n) is 3.26. The molecule has 3 heterocycles. The van der Waals surface area contributed by atoms with E-state index in [1.165, 1.54) is 0 Å². The van der Waals surface area contributed by atoms with E-state index in [4.69, 9.17) is 4.98 Å².